The van der Waals surface area contributed by atoms with Crippen LogP contribution in [0, 0.1) is 0 Å². The molecule has 0 aliphatic rings. The number of aliphatic hydroxyl groups is 1. The van der Waals surface area contributed by atoms with Gasteiger partial charge in [0.15, 0.2) is 0 Å². The van der Waals surface area contributed by atoms with Crippen LogP contribution in [0.1, 0.15) is 5.56 Å². The van der Waals surface area contributed by atoms with E-state index in [0.29, 0.717) is 10.0 Å². The van der Waals surface area contributed by atoms with Crippen molar-refractivity contribution in [2.45, 2.75) is 6.61 Å². The molecule has 2 aromatic carbocycles. The number of pyridine rings is 1. The monoisotopic (exact) mass is 329 g/mol. The molecule has 0 bridgehead atoms. The van der Waals surface area contributed by atoms with Crippen molar-refractivity contribution >= 4 is 23.2 Å². The van der Waals surface area contributed by atoms with Gasteiger partial charge in [-0.25, -0.2) is 0 Å². The Kier molecular flexibility index (Phi) is 4.44. The third-order valence-electron chi connectivity index (χ3n) is 3.46. The highest BCUT2D eigenvalue weighted by atomic mass is 35.5. The zero-order chi connectivity index (χ0) is 15.5. The predicted octanol–water partition coefficient (Wildman–Crippen LogP) is 5.21. The van der Waals surface area contributed by atoms with Gasteiger partial charge in [0.05, 0.1) is 6.61 Å². The minimum absolute atomic E-state index is 0.0120. The van der Waals surface area contributed by atoms with Crippen LogP contribution in [-0.4, -0.2) is 10.1 Å². The summed E-state index contributed by atoms with van der Waals surface area (Å²) in [5, 5.41) is 10.6. The Morgan fingerprint density at radius 1 is 0.909 bits per heavy atom. The topological polar surface area (TPSA) is 33.1 Å². The van der Waals surface area contributed by atoms with E-state index < -0.39 is 0 Å². The van der Waals surface area contributed by atoms with Crippen molar-refractivity contribution in [3.63, 3.8) is 0 Å². The molecule has 0 unspecified atom stereocenters. The molecule has 1 aromatic heterocycles. The van der Waals surface area contributed by atoms with E-state index in [4.69, 9.17) is 23.2 Å². The molecule has 3 aromatic rings. The highest BCUT2D eigenvalue weighted by Crippen LogP contribution is 2.37. The molecule has 0 fully saturated rings. The van der Waals surface area contributed by atoms with Crippen LogP contribution in [0.4, 0.5) is 0 Å². The lowest BCUT2D eigenvalue weighted by Crippen LogP contribution is -1.91. The number of rotatable bonds is 3. The minimum atomic E-state index is -0.0120. The molecule has 0 spiro atoms. The number of hydrogen-bond donors (Lipinski definition) is 1. The van der Waals surface area contributed by atoms with Crippen molar-refractivity contribution in [2.24, 2.45) is 0 Å². The van der Waals surface area contributed by atoms with Crippen molar-refractivity contribution in [2.75, 3.05) is 0 Å². The Hall–Kier alpha value is -1.87. The molecule has 0 aliphatic carbocycles. The van der Waals surface area contributed by atoms with Crippen molar-refractivity contribution in [1.82, 2.24) is 4.98 Å². The minimum Gasteiger partial charge on any atom is -0.392 e. The Labute approximate surface area is 139 Å². The van der Waals surface area contributed by atoms with Crippen LogP contribution in [0.3, 0.4) is 0 Å². The van der Waals surface area contributed by atoms with Crippen LogP contribution in [0.2, 0.25) is 10.0 Å². The summed E-state index contributed by atoms with van der Waals surface area (Å²) >= 11 is 12.3. The van der Waals surface area contributed by atoms with Gasteiger partial charge in [0.1, 0.15) is 0 Å². The fraction of sp³-hybridized carbons (Fsp3) is 0.0556. The number of halogens is 2. The summed E-state index contributed by atoms with van der Waals surface area (Å²) in [6, 6.07) is 15.1. The van der Waals surface area contributed by atoms with Crippen LogP contribution in [-0.2, 0) is 6.61 Å². The van der Waals surface area contributed by atoms with Gasteiger partial charge in [-0.1, -0.05) is 47.5 Å². The van der Waals surface area contributed by atoms with Gasteiger partial charge in [-0.15, -0.1) is 0 Å². The molecule has 4 heteroatoms. The second-order valence-corrected chi connectivity index (χ2v) is 5.75. The smallest absolute Gasteiger partial charge is 0.0682 e. The molecule has 22 heavy (non-hydrogen) atoms. The normalized spacial score (nSPS) is 10.7. The fourth-order valence-corrected chi connectivity index (χ4v) is 2.90. The molecule has 0 amide bonds. The highest BCUT2D eigenvalue weighted by Gasteiger charge is 2.12. The van der Waals surface area contributed by atoms with Gasteiger partial charge in [-0.05, 0) is 41.0 Å². The molecular formula is C18H13Cl2NO. The molecule has 1 N–H and O–H groups in total. The van der Waals surface area contributed by atoms with Gasteiger partial charge < -0.3 is 5.11 Å². The Morgan fingerprint density at radius 2 is 1.73 bits per heavy atom. The largest absolute Gasteiger partial charge is 0.392 e. The summed E-state index contributed by atoms with van der Waals surface area (Å²) in [7, 11) is 0. The Bertz CT molecular complexity index is 803. The van der Waals surface area contributed by atoms with Crippen LogP contribution in [0.25, 0.3) is 22.3 Å². The maximum absolute atomic E-state index is 9.40. The van der Waals surface area contributed by atoms with Gasteiger partial charge in [-0.3, -0.25) is 4.98 Å². The van der Waals surface area contributed by atoms with E-state index in [9.17, 15) is 5.11 Å². The van der Waals surface area contributed by atoms with Crippen LogP contribution in [0.5, 0.6) is 0 Å². The fourth-order valence-electron chi connectivity index (χ4n) is 2.39. The van der Waals surface area contributed by atoms with Gasteiger partial charge in [0.25, 0.3) is 0 Å². The first-order valence-corrected chi connectivity index (χ1v) is 7.54. The number of aromatic nitrogens is 1. The zero-order valence-electron chi connectivity index (χ0n) is 11.6. The standard InChI is InChI=1S/C18H13Cl2NO/c19-14-4-6-16(18(20)9-14)15-5-3-12(11-22)8-17(15)13-2-1-7-21-10-13/h1-10,22H,11H2. The van der Waals surface area contributed by atoms with Crippen molar-refractivity contribution in [3.8, 4) is 22.3 Å². The van der Waals surface area contributed by atoms with E-state index in [1.54, 1.807) is 18.5 Å². The predicted molar refractivity (Wildman–Crippen MR) is 91.1 cm³/mol. The van der Waals surface area contributed by atoms with E-state index in [-0.39, 0.29) is 6.61 Å². The van der Waals surface area contributed by atoms with E-state index >= 15 is 0 Å². The lowest BCUT2D eigenvalue weighted by Gasteiger charge is -2.13. The lowest BCUT2D eigenvalue weighted by molar-refractivity contribution is 0.282. The van der Waals surface area contributed by atoms with E-state index in [2.05, 4.69) is 4.98 Å². The van der Waals surface area contributed by atoms with Crippen molar-refractivity contribution < 1.29 is 5.11 Å². The first-order chi connectivity index (χ1) is 10.7. The van der Waals surface area contributed by atoms with E-state index in [1.165, 1.54) is 0 Å². The lowest BCUT2D eigenvalue weighted by atomic mass is 9.93. The Balaban J connectivity index is 2.23. The molecule has 3 rings (SSSR count). The van der Waals surface area contributed by atoms with Crippen LogP contribution >= 0.6 is 23.2 Å². The molecule has 0 atom stereocenters. The quantitative estimate of drug-likeness (QED) is 0.715. The van der Waals surface area contributed by atoms with Gasteiger partial charge in [0, 0.05) is 33.6 Å². The molecule has 2 nitrogen and oxygen atoms in total. The number of aliphatic hydroxyl groups excluding tert-OH is 1. The van der Waals surface area contributed by atoms with Crippen molar-refractivity contribution in [1.29, 1.82) is 0 Å². The first-order valence-electron chi connectivity index (χ1n) is 6.78. The molecule has 0 radical (unpaired) electrons. The first kappa shape index (κ1) is 15.0. The molecular weight excluding hydrogens is 317 g/mol. The summed E-state index contributed by atoms with van der Waals surface area (Å²) in [5.74, 6) is 0. The highest BCUT2D eigenvalue weighted by molar-refractivity contribution is 6.36. The van der Waals surface area contributed by atoms with Gasteiger partial charge in [0.2, 0.25) is 0 Å². The SMILES string of the molecule is OCc1ccc(-c2ccc(Cl)cc2Cl)c(-c2cccnc2)c1. The average molecular weight is 330 g/mol. The second kappa shape index (κ2) is 6.49. The molecule has 110 valence electrons. The summed E-state index contributed by atoms with van der Waals surface area (Å²) in [6.45, 7) is -0.0120. The maximum Gasteiger partial charge on any atom is 0.0682 e. The number of hydrogen-bond acceptors (Lipinski definition) is 2. The third kappa shape index (κ3) is 3.00. The average Bonchev–Trinajstić information content (AvgIpc) is 2.55. The van der Waals surface area contributed by atoms with E-state index in [0.717, 1.165) is 27.8 Å². The van der Waals surface area contributed by atoms with E-state index in [1.807, 2.05) is 42.5 Å². The zero-order valence-corrected chi connectivity index (χ0v) is 13.1. The summed E-state index contributed by atoms with van der Waals surface area (Å²) < 4.78 is 0. The summed E-state index contributed by atoms with van der Waals surface area (Å²) in [4.78, 5) is 4.17. The second-order valence-electron chi connectivity index (χ2n) is 4.90. The van der Waals surface area contributed by atoms with Gasteiger partial charge >= 0.3 is 0 Å². The Morgan fingerprint density at radius 3 is 2.41 bits per heavy atom. The molecule has 0 aliphatic heterocycles. The summed E-state index contributed by atoms with van der Waals surface area (Å²) in [5.41, 5.74) is 4.66. The summed E-state index contributed by atoms with van der Waals surface area (Å²) in [6.07, 6.45) is 3.53. The van der Waals surface area contributed by atoms with Crippen LogP contribution in [0.15, 0.2) is 60.9 Å². The third-order valence-corrected chi connectivity index (χ3v) is 4.01. The molecule has 0 saturated carbocycles. The molecule has 0 saturated heterocycles. The maximum atomic E-state index is 9.40. The van der Waals surface area contributed by atoms with Crippen molar-refractivity contribution in [3.05, 3.63) is 76.5 Å². The number of benzene rings is 2. The number of nitrogens with zero attached hydrogens (tertiary/aromatic N) is 1. The van der Waals surface area contributed by atoms with Gasteiger partial charge in [-0.2, -0.15) is 0 Å². The van der Waals surface area contributed by atoms with Crippen LogP contribution < -0.4 is 0 Å². The molecule has 1 heterocycles.